The largest absolute Gasteiger partial charge is 0.495 e. The third-order valence-corrected chi connectivity index (χ3v) is 3.22. The Balaban J connectivity index is 2.91. The average Bonchev–Trinajstić information content (AvgIpc) is 2.35. The van der Waals surface area contributed by atoms with Crippen LogP contribution in [0.25, 0.3) is 0 Å². The highest BCUT2D eigenvalue weighted by molar-refractivity contribution is 9.10. The highest BCUT2D eigenvalue weighted by Gasteiger charge is 2.13. The highest BCUT2D eigenvalue weighted by atomic mass is 79.9. The predicted molar refractivity (Wildman–Crippen MR) is 73.4 cm³/mol. The summed E-state index contributed by atoms with van der Waals surface area (Å²) >= 11 is 3.45. The topological polar surface area (TPSA) is 36.3 Å². The van der Waals surface area contributed by atoms with Gasteiger partial charge in [-0.05, 0) is 24.6 Å². The minimum absolute atomic E-state index is 0.0451. The molecule has 0 bridgehead atoms. The summed E-state index contributed by atoms with van der Waals surface area (Å²) in [6.07, 6.45) is 0.858. The van der Waals surface area contributed by atoms with Gasteiger partial charge in [0.15, 0.2) is 0 Å². The zero-order valence-corrected chi connectivity index (χ0v) is 12.0. The van der Waals surface area contributed by atoms with E-state index in [4.69, 9.17) is 10.00 Å². The predicted octanol–water partition coefficient (Wildman–Crippen LogP) is 3.44. The zero-order chi connectivity index (χ0) is 12.8. The van der Waals surface area contributed by atoms with Crippen LogP contribution in [0.5, 0.6) is 5.75 Å². The van der Waals surface area contributed by atoms with Gasteiger partial charge in [-0.25, -0.2) is 0 Å². The third-order valence-electron chi connectivity index (χ3n) is 2.72. The van der Waals surface area contributed by atoms with Crippen molar-refractivity contribution >= 4 is 21.6 Å². The fraction of sp³-hybridized carbons (Fsp3) is 0.462. The van der Waals surface area contributed by atoms with Crippen LogP contribution < -0.4 is 9.64 Å². The molecule has 4 heteroatoms. The number of anilines is 1. The molecule has 92 valence electrons. The molecule has 1 aromatic carbocycles. The standard InChI is InChI=1S/C13H17BrN2O/c1-4-10(8-15)9-16(2)12-7-11(14)5-6-13(12)17-3/h5-7,10H,4,9H2,1-3H3. The molecule has 1 aromatic rings. The van der Waals surface area contributed by atoms with E-state index in [9.17, 15) is 0 Å². The Morgan fingerprint density at radius 2 is 2.24 bits per heavy atom. The molecular weight excluding hydrogens is 280 g/mol. The van der Waals surface area contributed by atoms with Crippen LogP contribution in [-0.2, 0) is 0 Å². The molecular formula is C13H17BrN2O. The first-order chi connectivity index (χ1) is 8.12. The van der Waals surface area contributed by atoms with E-state index in [1.54, 1.807) is 7.11 Å². The minimum Gasteiger partial charge on any atom is -0.495 e. The molecule has 0 amide bonds. The summed E-state index contributed by atoms with van der Waals surface area (Å²) in [4.78, 5) is 2.06. The van der Waals surface area contributed by atoms with Crippen molar-refractivity contribution in [1.29, 1.82) is 5.26 Å². The first-order valence-corrected chi connectivity index (χ1v) is 6.36. The number of hydrogen-bond acceptors (Lipinski definition) is 3. The molecule has 0 aliphatic carbocycles. The van der Waals surface area contributed by atoms with Crippen LogP contribution in [0.15, 0.2) is 22.7 Å². The van der Waals surface area contributed by atoms with Gasteiger partial charge in [-0.2, -0.15) is 5.26 Å². The Bertz CT molecular complexity index is 414. The van der Waals surface area contributed by atoms with E-state index in [1.807, 2.05) is 32.2 Å². The second-order valence-corrected chi connectivity index (χ2v) is 4.85. The lowest BCUT2D eigenvalue weighted by atomic mass is 10.1. The van der Waals surface area contributed by atoms with Crippen molar-refractivity contribution in [3.05, 3.63) is 22.7 Å². The van der Waals surface area contributed by atoms with Crippen LogP contribution in [0.4, 0.5) is 5.69 Å². The van der Waals surface area contributed by atoms with Gasteiger partial charge >= 0.3 is 0 Å². The maximum Gasteiger partial charge on any atom is 0.142 e. The summed E-state index contributed by atoms with van der Waals surface area (Å²) in [6, 6.07) is 8.18. The molecule has 0 N–H and O–H groups in total. The maximum atomic E-state index is 8.99. The number of methoxy groups -OCH3 is 1. The smallest absolute Gasteiger partial charge is 0.142 e. The minimum atomic E-state index is 0.0451. The highest BCUT2D eigenvalue weighted by Crippen LogP contribution is 2.31. The molecule has 3 nitrogen and oxygen atoms in total. The first-order valence-electron chi connectivity index (χ1n) is 5.56. The molecule has 1 atom stereocenters. The Kier molecular flexibility index (Phi) is 5.30. The van der Waals surface area contributed by atoms with Gasteiger partial charge in [0.05, 0.1) is 24.8 Å². The van der Waals surface area contributed by atoms with E-state index >= 15 is 0 Å². The monoisotopic (exact) mass is 296 g/mol. The second kappa shape index (κ2) is 6.51. The van der Waals surface area contributed by atoms with E-state index in [1.165, 1.54) is 0 Å². The Morgan fingerprint density at radius 1 is 1.53 bits per heavy atom. The summed E-state index contributed by atoms with van der Waals surface area (Å²) in [5.41, 5.74) is 0.996. The molecule has 0 aromatic heterocycles. The molecule has 0 saturated heterocycles. The molecule has 0 saturated carbocycles. The SMILES string of the molecule is CCC(C#N)CN(C)c1cc(Br)ccc1OC. The number of benzene rings is 1. The fourth-order valence-electron chi connectivity index (χ4n) is 1.65. The summed E-state index contributed by atoms with van der Waals surface area (Å²) in [5, 5.41) is 8.99. The number of rotatable bonds is 5. The lowest BCUT2D eigenvalue weighted by molar-refractivity contribution is 0.414. The van der Waals surface area contributed by atoms with Crippen LogP contribution in [-0.4, -0.2) is 20.7 Å². The summed E-state index contributed by atoms with van der Waals surface area (Å²) in [5.74, 6) is 0.868. The van der Waals surface area contributed by atoms with Crippen molar-refractivity contribution in [2.75, 3.05) is 25.6 Å². The van der Waals surface area contributed by atoms with Gasteiger partial charge in [-0.3, -0.25) is 0 Å². The molecule has 0 aliphatic heterocycles. The molecule has 0 radical (unpaired) electrons. The number of hydrogen-bond donors (Lipinski definition) is 0. The van der Waals surface area contributed by atoms with Crippen molar-refractivity contribution in [2.24, 2.45) is 5.92 Å². The fourth-order valence-corrected chi connectivity index (χ4v) is 2.00. The van der Waals surface area contributed by atoms with Crippen LogP contribution in [0.3, 0.4) is 0 Å². The molecule has 0 fully saturated rings. The van der Waals surface area contributed by atoms with Crippen molar-refractivity contribution in [2.45, 2.75) is 13.3 Å². The van der Waals surface area contributed by atoms with Crippen molar-refractivity contribution in [3.63, 3.8) is 0 Å². The van der Waals surface area contributed by atoms with Crippen LogP contribution in [0, 0.1) is 17.2 Å². The van der Waals surface area contributed by atoms with Gasteiger partial charge in [0.25, 0.3) is 0 Å². The van der Waals surface area contributed by atoms with E-state index in [0.29, 0.717) is 6.54 Å². The maximum absolute atomic E-state index is 8.99. The Morgan fingerprint density at radius 3 is 2.76 bits per heavy atom. The van der Waals surface area contributed by atoms with Crippen LogP contribution in [0.1, 0.15) is 13.3 Å². The third kappa shape index (κ3) is 3.64. The quantitative estimate of drug-likeness (QED) is 0.835. The lowest BCUT2D eigenvalue weighted by Crippen LogP contribution is -2.24. The van der Waals surface area contributed by atoms with Gasteiger partial charge in [0.1, 0.15) is 5.75 Å². The first kappa shape index (κ1) is 13.9. The van der Waals surface area contributed by atoms with Gasteiger partial charge < -0.3 is 9.64 Å². The molecule has 0 aliphatic rings. The van der Waals surface area contributed by atoms with E-state index in [0.717, 1.165) is 22.3 Å². The van der Waals surface area contributed by atoms with Crippen molar-refractivity contribution in [1.82, 2.24) is 0 Å². The van der Waals surface area contributed by atoms with E-state index < -0.39 is 0 Å². The van der Waals surface area contributed by atoms with Crippen molar-refractivity contribution < 1.29 is 4.74 Å². The molecule has 1 unspecified atom stereocenters. The lowest BCUT2D eigenvalue weighted by Gasteiger charge is -2.23. The summed E-state index contributed by atoms with van der Waals surface area (Å²) in [6.45, 7) is 2.74. The number of nitriles is 1. The van der Waals surface area contributed by atoms with Crippen molar-refractivity contribution in [3.8, 4) is 11.8 Å². The summed E-state index contributed by atoms with van der Waals surface area (Å²) < 4.78 is 6.33. The van der Waals surface area contributed by atoms with E-state index in [2.05, 4.69) is 26.9 Å². The Hall–Kier alpha value is -1.21. The van der Waals surface area contributed by atoms with Gasteiger partial charge in [-0.15, -0.1) is 0 Å². The molecule has 0 spiro atoms. The molecule has 17 heavy (non-hydrogen) atoms. The van der Waals surface area contributed by atoms with Gasteiger partial charge in [0, 0.05) is 18.1 Å². The van der Waals surface area contributed by atoms with Crippen LogP contribution in [0.2, 0.25) is 0 Å². The van der Waals surface area contributed by atoms with Crippen LogP contribution >= 0.6 is 15.9 Å². The van der Waals surface area contributed by atoms with Gasteiger partial charge in [-0.1, -0.05) is 22.9 Å². The molecule has 1 rings (SSSR count). The van der Waals surface area contributed by atoms with Gasteiger partial charge in [0.2, 0.25) is 0 Å². The normalized spacial score (nSPS) is 11.7. The number of ether oxygens (including phenoxy) is 1. The Labute approximate surface area is 111 Å². The summed E-state index contributed by atoms with van der Waals surface area (Å²) in [7, 11) is 3.63. The average molecular weight is 297 g/mol. The molecule has 0 heterocycles. The number of halogens is 1. The zero-order valence-electron chi connectivity index (χ0n) is 10.4. The van der Waals surface area contributed by atoms with E-state index in [-0.39, 0.29) is 5.92 Å². The second-order valence-electron chi connectivity index (χ2n) is 3.93. The number of nitrogens with zero attached hydrogens (tertiary/aromatic N) is 2.